The molecule has 4 nitrogen and oxygen atoms in total. The number of methoxy groups -OCH3 is 1. The van der Waals surface area contributed by atoms with Gasteiger partial charge in [0, 0.05) is 35.6 Å². The highest BCUT2D eigenvalue weighted by Gasteiger charge is 2.39. The molecular formula is C19H20BrNO3. The third-order valence-corrected chi connectivity index (χ3v) is 5.05. The van der Waals surface area contributed by atoms with E-state index in [1.807, 2.05) is 36.4 Å². The summed E-state index contributed by atoms with van der Waals surface area (Å²) >= 11 is 3.48. The zero-order valence-electron chi connectivity index (χ0n) is 13.5. The Bertz CT molecular complexity index is 720. The molecule has 0 amide bonds. The van der Waals surface area contributed by atoms with E-state index in [2.05, 4.69) is 33.0 Å². The van der Waals surface area contributed by atoms with Gasteiger partial charge >= 0.3 is 5.97 Å². The van der Waals surface area contributed by atoms with E-state index < -0.39 is 11.9 Å². The number of ether oxygens (including phenoxy) is 1. The van der Waals surface area contributed by atoms with E-state index in [4.69, 9.17) is 4.74 Å². The second-order valence-electron chi connectivity index (χ2n) is 6.12. The van der Waals surface area contributed by atoms with Gasteiger partial charge in [0.15, 0.2) is 0 Å². The van der Waals surface area contributed by atoms with Crippen LogP contribution in [0.1, 0.15) is 17.0 Å². The van der Waals surface area contributed by atoms with Crippen molar-refractivity contribution in [1.82, 2.24) is 4.90 Å². The number of carboxylic acid groups (broad SMARTS) is 1. The fourth-order valence-corrected chi connectivity index (χ4v) is 3.80. The predicted octanol–water partition coefficient (Wildman–Crippen LogP) is 3.76. The summed E-state index contributed by atoms with van der Waals surface area (Å²) in [4.78, 5) is 14.0. The van der Waals surface area contributed by atoms with Crippen LogP contribution in [-0.2, 0) is 11.3 Å². The van der Waals surface area contributed by atoms with E-state index in [0.717, 1.165) is 22.3 Å². The Kier molecular flexibility index (Phi) is 5.21. The number of aliphatic carboxylic acids is 1. The van der Waals surface area contributed by atoms with Gasteiger partial charge in [0.25, 0.3) is 0 Å². The first-order chi connectivity index (χ1) is 11.6. The van der Waals surface area contributed by atoms with Gasteiger partial charge in [0.05, 0.1) is 13.0 Å². The summed E-state index contributed by atoms with van der Waals surface area (Å²) in [5, 5.41) is 9.68. The molecule has 0 saturated carbocycles. The van der Waals surface area contributed by atoms with Gasteiger partial charge in [0.1, 0.15) is 5.75 Å². The average Bonchev–Trinajstić information content (AvgIpc) is 2.99. The monoisotopic (exact) mass is 389 g/mol. The van der Waals surface area contributed by atoms with Crippen molar-refractivity contribution in [3.8, 4) is 5.75 Å². The van der Waals surface area contributed by atoms with E-state index in [1.165, 1.54) is 5.56 Å². The van der Waals surface area contributed by atoms with Crippen molar-refractivity contribution in [1.29, 1.82) is 0 Å². The minimum Gasteiger partial charge on any atom is -0.496 e. The van der Waals surface area contributed by atoms with Crippen molar-refractivity contribution in [2.24, 2.45) is 5.92 Å². The molecule has 126 valence electrons. The Hall–Kier alpha value is -1.85. The van der Waals surface area contributed by atoms with Crippen molar-refractivity contribution in [3.63, 3.8) is 0 Å². The molecule has 1 aliphatic rings. The molecule has 1 saturated heterocycles. The SMILES string of the molecule is COc1ccc(Br)cc1[C@H]1CN(Cc2ccccc2)C[C@@H]1C(=O)O. The van der Waals surface area contributed by atoms with Gasteiger partial charge in [0.2, 0.25) is 0 Å². The van der Waals surface area contributed by atoms with Crippen LogP contribution in [0.5, 0.6) is 5.75 Å². The summed E-state index contributed by atoms with van der Waals surface area (Å²) in [5.74, 6) is -0.524. The van der Waals surface area contributed by atoms with E-state index in [9.17, 15) is 9.90 Å². The molecule has 0 radical (unpaired) electrons. The summed E-state index contributed by atoms with van der Waals surface area (Å²) in [6, 6.07) is 15.9. The van der Waals surface area contributed by atoms with Gasteiger partial charge in [-0.1, -0.05) is 46.3 Å². The second-order valence-corrected chi connectivity index (χ2v) is 7.03. The molecule has 2 atom stereocenters. The van der Waals surface area contributed by atoms with E-state index in [1.54, 1.807) is 7.11 Å². The molecule has 2 aromatic rings. The zero-order valence-corrected chi connectivity index (χ0v) is 15.1. The molecule has 1 N–H and O–H groups in total. The molecule has 1 fully saturated rings. The summed E-state index contributed by atoms with van der Waals surface area (Å²) in [6.45, 7) is 2.01. The molecule has 0 aliphatic carbocycles. The lowest BCUT2D eigenvalue weighted by Crippen LogP contribution is -2.23. The number of nitrogens with zero attached hydrogens (tertiary/aromatic N) is 1. The maximum atomic E-state index is 11.8. The Morgan fingerprint density at radius 3 is 2.67 bits per heavy atom. The first-order valence-corrected chi connectivity index (χ1v) is 8.70. The van der Waals surface area contributed by atoms with Crippen LogP contribution in [0.25, 0.3) is 0 Å². The fraction of sp³-hybridized carbons (Fsp3) is 0.316. The number of carboxylic acids is 1. The van der Waals surface area contributed by atoms with Crippen LogP contribution in [0.4, 0.5) is 0 Å². The van der Waals surface area contributed by atoms with Gasteiger partial charge in [-0.05, 0) is 23.8 Å². The smallest absolute Gasteiger partial charge is 0.308 e. The number of hydrogen-bond donors (Lipinski definition) is 1. The molecule has 0 spiro atoms. The Balaban J connectivity index is 1.86. The van der Waals surface area contributed by atoms with Crippen LogP contribution in [-0.4, -0.2) is 36.2 Å². The van der Waals surface area contributed by atoms with Gasteiger partial charge in [-0.3, -0.25) is 9.69 Å². The fourth-order valence-electron chi connectivity index (χ4n) is 3.42. The lowest BCUT2D eigenvalue weighted by Gasteiger charge is -2.19. The first-order valence-electron chi connectivity index (χ1n) is 7.91. The molecule has 2 aromatic carbocycles. The maximum Gasteiger partial charge on any atom is 0.308 e. The molecule has 5 heteroatoms. The summed E-state index contributed by atoms with van der Waals surface area (Å²) in [6.07, 6.45) is 0. The number of halogens is 1. The van der Waals surface area contributed by atoms with Crippen LogP contribution in [0, 0.1) is 5.92 Å². The Morgan fingerprint density at radius 2 is 2.00 bits per heavy atom. The number of benzene rings is 2. The van der Waals surface area contributed by atoms with Crippen molar-refractivity contribution in [2.45, 2.75) is 12.5 Å². The van der Waals surface area contributed by atoms with Gasteiger partial charge in [-0.25, -0.2) is 0 Å². The number of likely N-dealkylation sites (tertiary alicyclic amines) is 1. The van der Waals surface area contributed by atoms with E-state index in [-0.39, 0.29) is 5.92 Å². The Labute approximate surface area is 150 Å². The van der Waals surface area contributed by atoms with Crippen molar-refractivity contribution < 1.29 is 14.6 Å². The molecule has 0 aromatic heterocycles. The summed E-state index contributed by atoms with van der Waals surface area (Å²) in [7, 11) is 1.62. The van der Waals surface area contributed by atoms with E-state index in [0.29, 0.717) is 13.1 Å². The normalized spacial score (nSPS) is 20.9. The largest absolute Gasteiger partial charge is 0.496 e. The van der Waals surface area contributed by atoms with Crippen LogP contribution >= 0.6 is 15.9 Å². The molecule has 3 rings (SSSR count). The molecular weight excluding hydrogens is 370 g/mol. The highest BCUT2D eigenvalue weighted by Crippen LogP contribution is 2.39. The number of carbonyl (C=O) groups is 1. The quantitative estimate of drug-likeness (QED) is 0.845. The zero-order chi connectivity index (χ0) is 17.1. The maximum absolute atomic E-state index is 11.8. The van der Waals surface area contributed by atoms with Crippen LogP contribution in [0.2, 0.25) is 0 Å². The van der Waals surface area contributed by atoms with Crippen LogP contribution in [0.3, 0.4) is 0 Å². The molecule has 0 unspecified atom stereocenters. The Morgan fingerprint density at radius 1 is 1.25 bits per heavy atom. The van der Waals surface area contributed by atoms with Crippen molar-refractivity contribution >= 4 is 21.9 Å². The van der Waals surface area contributed by atoms with Gasteiger partial charge in [-0.15, -0.1) is 0 Å². The minimum absolute atomic E-state index is 0.0846. The summed E-state index contributed by atoms with van der Waals surface area (Å²) < 4.78 is 6.40. The lowest BCUT2D eigenvalue weighted by atomic mass is 9.88. The molecule has 0 bridgehead atoms. The van der Waals surface area contributed by atoms with Gasteiger partial charge < -0.3 is 9.84 Å². The number of hydrogen-bond acceptors (Lipinski definition) is 3. The van der Waals surface area contributed by atoms with Crippen molar-refractivity contribution in [2.75, 3.05) is 20.2 Å². The van der Waals surface area contributed by atoms with Gasteiger partial charge in [-0.2, -0.15) is 0 Å². The third-order valence-electron chi connectivity index (χ3n) is 4.55. The standard InChI is InChI=1S/C19H20BrNO3/c1-24-18-8-7-14(20)9-15(18)16-11-21(12-17(16)19(22)23)10-13-5-3-2-4-6-13/h2-9,16-17H,10-12H2,1H3,(H,22,23)/t16-,17+/m1/s1. The molecule has 1 heterocycles. The summed E-state index contributed by atoms with van der Waals surface area (Å²) in [5.41, 5.74) is 2.15. The van der Waals surface area contributed by atoms with Crippen molar-refractivity contribution in [3.05, 3.63) is 64.1 Å². The third kappa shape index (κ3) is 3.62. The minimum atomic E-state index is -0.752. The predicted molar refractivity (Wildman–Crippen MR) is 96.3 cm³/mol. The van der Waals surface area contributed by atoms with Crippen LogP contribution < -0.4 is 4.74 Å². The molecule has 24 heavy (non-hydrogen) atoms. The second kappa shape index (κ2) is 7.36. The first kappa shape index (κ1) is 17.0. The highest BCUT2D eigenvalue weighted by atomic mass is 79.9. The highest BCUT2D eigenvalue weighted by molar-refractivity contribution is 9.10. The van der Waals surface area contributed by atoms with E-state index >= 15 is 0 Å². The molecule has 1 aliphatic heterocycles. The average molecular weight is 390 g/mol. The van der Waals surface area contributed by atoms with Crippen LogP contribution in [0.15, 0.2) is 53.0 Å². The topological polar surface area (TPSA) is 49.8 Å². The number of rotatable bonds is 5. The lowest BCUT2D eigenvalue weighted by molar-refractivity contribution is -0.141.